The van der Waals surface area contributed by atoms with E-state index in [2.05, 4.69) is 58.9 Å². The van der Waals surface area contributed by atoms with Crippen LogP contribution in [0.2, 0.25) is 0 Å². The van der Waals surface area contributed by atoms with Gasteiger partial charge in [0.15, 0.2) is 5.78 Å². The van der Waals surface area contributed by atoms with Crippen molar-refractivity contribution in [3.8, 4) is 0 Å². The molecule has 21 heavy (non-hydrogen) atoms. The van der Waals surface area contributed by atoms with E-state index in [1.807, 2.05) is 13.0 Å². The fourth-order valence-electron chi connectivity index (χ4n) is 3.55. The number of carbonyl (C=O) groups is 1. The van der Waals surface area contributed by atoms with Gasteiger partial charge in [-0.3, -0.25) is 4.79 Å². The molecule has 2 atom stereocenters. The summed E-state index contributed by atoms with van der Waals surface area (Å²) in [6.07, 6.45) is 4.18. The molecule has 0 heterocycles. The second-order valence-electron chi connectivity index (χ2n) is 7.56. The van der Waals surface area contributed by atoms with Crippen LogP contribution in [0.1, 0.15) is 58.6 Å². The molecule has 0 spiro atoms. The Bertz CT molecular complexity index is 562. The van der Waals surface area contributed by atoms with Gasteiger partial charge in [-0.15, -0.1) is 0 Å². The highest BCUT2D eigenvalue weighted by atomic mass is 16.1. The van der Waals surface area contributed by atoms with Crippen molar-refractivity contribution in [2.24, 2.45) is 16.7 Å². The summed E-state index contributed by atoms with van der Waals surface area (Å²) in [5.41, 5.74) is 3.06. The summed E-state index contributed by atoms with van der Waals surface area (Å²) in [6, 6.07) is 8.34. The number of aryl methyl sites for hydroxylation is 1. The zero-order chi connectivity index (χ0) is 15.8. The Labute approximate surface area is 129 Å². The lowest BCUT2D eigenvalue weighted by molar-refractivity contribution is -0.129. The molecule has 1 fully saturated rings. The molecule has 0 saturated heterocycles. The lowest BCUT2D eigenvalue weighted by Crippen LogP contribution is -2.40. The van der Waals surface area contributed by atoms with Crippen LogP contribution >= 0.6 is 0 Å². The first-order chi connectivity index (χ1) is 9.68. The molecule has 1 aromatic rings. The van der Waals surface area contributed by atoms with Crippen LogP contribution in [0.5, 0.6) is 0 Å². The van der Waals surface area contributed by atoms with E-state index >= 15 is 0 Å². The van der Waals surface area contributed by atoms with E-state index in [4.69, 9.17) is 0 Å². The smallest absolute Gasteiger partial charge is 0.164 e. The fraction of sp³-hybridized carbons (Fsp3) is 0.550. The average molecular weight is 284 g/mol. The van der Waals surface area contributed by atoms with E-state index in [0.717, 1.165) is 24.0 Å². The van der Waals surface area contributed by atoms with Gasteiger partial charge < -0.3 is 0 Å². The molecule has 1 aliphatic carbocycles. The van der Waals surface area contributed by atoms with Crippen LogP contribution < -0.4 is 0 Å². The first-order valence-electron chi connectivity index (χ1n) is 7.98. The van der Waals surface area contributed by atoms with Crippen LogP contribution in [0, 0.1) is 23.7 Å². The summed E-state index contributed by atoms with van der Waals surface area (Å²) in [4.78, 5) is 13.0. The Morgan fingerprint density at radius 3 is 2.24 bits per heavy atom. The minimum absolute atomic E-state index is 0.0620. The van der Waals surface area contributed by atoms with E-state index in [1.54, 1.807) is 0 Å². The SMILES string of the molecule is C/C(=C/c1ccc(C)cc1)C(=O)C1(C)CCC(C)C1(C)C. The molecule has 114 valence electrons. The third-order valence-corrected chi connectivity index (χ3v) is 6.05. The number of benzene rings is 1. The quantitative estimate of drug-likeness (QED) is 0.676. The van der Waals surface area contributed by atoms with E-state index < -0.39 is 0 Å². The first kappa shape index (κ1) is 16.0. The Morgan fingerprint density at radius 2 is 1.76 bits per heavy atom. The number of carbonyl (C=O) groups excluding carboxylic acids is 1. The van der Waals surface area contributed by atoms with Gasteiger partial charge in [-0.25, -0.2) is 0 Å². The molecule has 2 unspecified atom stereocenters. The maximum Gasteiger partial charge on any atom is 0.164 e. The number of hydrogen-bond donors (Lipinski definition) is 0. The molecule has 1 saturated carbocycles. The summed E-state index contributed by atoms with van der Waals surface area (Å²) < 4.78 is 0. The fourth-order valence-corrected chi connectivity index (χ4v) is 3.55. The van der Waals surface area contributed by atoms with Crippen LogP contribution in [0.3, 0.4) is 0 Å². The second kappa shape index (κ2) is 5.44. The zero-order valence-corrected chi connectivity index (χ0v) is 14.3. The van der Waals surface area contributed by atoms with Crippen LogP contribution in [0.25, 0.3) is 6.08 Å². The molecule has 0 amide bonds. The minimum atomic E-state index is -0.238. The van der Waals surface area contributed by atoms with E-state index in [9.17, 15) is 4.79 Å². The average Bonchev–Trinajstić information content (AvgIpc) is 2.65. The molecule has 0 aliphatic heterocycles. The largest absolute Gasteiger partial charge is 0.294 e. The van der Waals surface area contributed by atoms with Gasteiger partial charge in [0.1, 0.15) is 0 Å². The number of Topliss-reactive ketones (excluding diaryl/α,β-unsaturated/α-hetero) is 1. The number of hydrogen-bond acceptors (Lipinski definition) is 1. The van der Waals surface area contributed by atoms with Crippen molar-refractivity contribution in [2.45, 2.75) is 54.4 Å². The normalized spacial score (nSPS) is 28.7. The Hall–Kier alpha value is -1.37. The monoisotopic (exact) mass is 284 g/mol. The Kier molecular flexibility index (Phi) is 4.15. The van der Waals surface area contributed by atoms with Gasteiger partial charge in [-0.2, -0.15) is 0 Å². The number of rotatable bonds is 3. The van der Waals surface area contributed by atoms with Gasteiger partial charge in [0.25, 0.3) is 0 Å². The summed E-state index contributed by atoms with van der Waals surface area (Å²) in [7, 11) is 0. The van der Waals surface area contributed by atoms with Gasteiger partial charge in [-0.1, -0.05) is 57.5 Å². The van der Waals surface area contributed by atoms with E-state index in [0.29, 0.717) is 11.7 Å². The first-order valence-corrected chi connectivity index (χ1v) is 7.98. The van der Waals surface area contributed by atoms with Gasteiger partial charge >= 0.3 is 0 Å². The van der Waals surface area contributed by atoms with Gasteiger partial charge in [0.2, 0.25) is 0 Å². The highest BCUT2D eigenvalue weighted by Gasteiger charge is 2.53. The zero-order valence-electron chi connectivity index (χ0n) is 14.3. The maximum atomic E-state index is 13.0. The second-order valence-corrected chi connectivity index (χ2v) is 7.56. The van der Waals surface area contributed by atoms with Crippen molar-refractivity contribution in [3.63, 3.8) is 0 Å². The van der Waals surface area contributed by atoms with E-state index in [1.165, 1.54) is 5.56 Å². The summed E-state index contributed by atoms with van der Waals surface area (Å²) >= 11 is 0. The lowest BCUT2D eigenvalue weighted by Gasteiger charge is -2.40. The van der Waals surface area contributed by atoms with Crippen molar-refractivity contribution in [2.75, 3.05) is 0 Å². The third kappa shape index (κ3) is 2.71. The predicted octanol–water partition coefficient (Wildman–Crippen LogP) is 5.43. The molecular weight excluding hydrogens is 256 g/mol. The van der Waals surface area contributed by atoms with Crippen molar-refractivity contribution in [1.29, 1.82) is 0 Å². The maximum absolute atomic E-state index is 13.0. The third-order valence-electron chi connectivity index (χ3n) is 6.05. The van der Waals surface area contributed by atoms with Crippen LogP contribution in [-0.4, -0.2) is 5.78 Å². The number of allylic oxidation sites excluding steroid dienone is 1. The minimum Gasteiger partial charge on any atom is -0.294 e. The molecule has 0 radical (unpaired) electrons. The predicted molar refractivity (Wildman–Crippen MR) is 90.1 cm³/mol. The molecule has 0 aromatic heterocycles. The topological polar surface area (TPSA) is 17.1 Å². The standard InChI is InChI=1S/C20H28O/c1-14-7-9-17(10-8-14)13-15(2)18(21)20(6)12-11-16(3)19(20,4)5/h7-10,13,16H,11-12H2,1-6H3/b15-13-. The van der Waals surface area contributed by atoms with Gasteiger partial charge in [0, 0.05) is 5.41 Å². The summed E-state index contributed by atoms with van der Waals surface area (Å²) in [5, 5.41) is 0. The lowest BCUT2D eigenvalue weighted by atomic mass is 9.63. The van der Waals surface area contributed by atoms with Crippen LogP contribution in [0.15, 0.2) is 29.8 Å². The molecule has 1 heteroatoms. The molecule has 0 N–H and O–H groups in total. The van der Waals surface area contributed by atoms with Crippen molar-refractivity contribution in [1.82, 2.24) is 0 Å². The summed E-state index contributed by atoms with van der Waals surface area (Å²) in [6.45, 7) is 13.0. The molecular formula is C20H28O. The van der Waals surface area contributed by atoms with Crippen LogP contribution in [-0.2, 0) is 4.79 Å². The molecule has 1 aromatic carbocycles. The summed E-state index contributed by atoms with van der Waals surface area (Å²) in [5.74, 6) is 0.913. The Balaban J connectivity index is 2.29. The highest BCUT2D eigenvalue weighted by molar-refractivity contribution is 6.03. The van der Waals surface area contributed by atoms with Crippen molar-refractivity contribution in [3.05, 3.63) is 41.0 Å². The van der Waals surface area contributed by atoms with Gasteiger partial charge in [0.05, 0.1) is 0 Å². The number of ketones is 1. The van der Waals surface area contributed by atoms with E-state index in [-0.39, 0.29) is 10.8 Å². The Morgan fingerprint density at radius 1 is 1.19 bits per heavy atom. The van der Waals surface area contributed by atoms with Crippen LogP contribution in [0.4, 0.5) is 0 Å². The van der Waals surface area contributed by atoms with Crippen molar-refractivity contribution >= 4 is 11.9 Å². The molecule has 1 nitrogen and oxygen atoms in total. The highest BCUT2D eigenvalue weighted by Crippen LogP contribution is 2.57. The molecule has 0 bridgehead atoms. The molecule has 2 rings (SSSR count). The van der Waals surface area contributed by atoms with Gasteiger partial charge in [-0.05, 0) is 55.2 Å². The van der Waals surface area contributed by atoms with Crippen molar-refractivity contribution < 1.29 is 4.79 Å². The molecule has 1 aliphatic rings.